The Bertz CT molecular complexity index is 610. The molecule has 0 atom stereocenters. The van der Waals surface area contributed by atoms with Crippen LogP contribution in [0.4, 0.5) is 5.00 Å². The van der Waals surface area contributed by atoms with Gasteiger partial charge in [0.1, 0.15) is 10.8 Å². The number of H-pyrrole nitrogens is 1. The molecule has 86 valence electrons. The lowest BCUT2D eigenvalue weighted by Crippen LogP contribution is -2.03. The first-order chi connectivity index (χ1) is 8.29. The first-order valence-corrected chi connectivity index (χ1v) is 6.00. The van der Waals surface area contributed by atoms with Crippen molar-refractivity contribution >= 4 is 33.9 Å². The fourth-order valence-electron chi connectivity index (χ4n) is 1.86. The second-order valence-electron chi connectivity index (χ2n) is 3.64. The number of thiophene rings is 1. The van der Waals surface area contributed by atoms with E-state index in [1.54, 1.807) is 13.3 Å². The predicted octanol–water partition coefficient (Wildman–Crippen LogP) is 2.58. The average molecular weight is 246 g/mol. The van der Waals surface area contributed by atoms with Crippen molar-refractivity contribution < 1.29 is 9.53 Å². The van der Waals surface area contributed by atoms with Crippen molar-refractivity contribution in [2.24, 2.45) is 0 Å². The van der Waals surface area contributed by atoms with E-state index < -0.39 is 0 Å². The highest BCUT2D eigenvalue weighted by molar-refractivity contribution is 7.15. The number of hydrogen-bond acceptors (Lipinski definition) is 3. The number of nitrogens with one attached hydrogen (secondary N) is 2. The van der Waals surface area contributed by atoms with E-state index in [2.05, 4.69) is 10.3 Å². The molecular weight excluding hydrogens is 236 g/mol. The molecule has 4 nitrogen and oxygen atoms in total. The van der Waals surface area contributed by atoms with E-state index >= 15 is 0 Å². The molecule has 2 aromatic rings. The second kappa shape index (κ2) is 3.78. The highest BCUT2D eigenvalue weighted by Crippen LogP contribution is 2.37. The number of amides is 1. The van der Waals surface area contributed by atoms with Crippen molar-refractivity contribution in [3.8, 4) is 5.75 Å². The van der Waals surface area contributed by atoms with Crippen LogP contribution in [0.1, 0.15) is 11.3 Å². The second-order valence-corrected chi connectivity index (χ2v) is 4.55. The number of methoxy groups -OCH3 is 1. The van der Waals surface area contributed by atoms with Crippen LogP contribution in [0.25, 0.3) is 11.6 Å². The summed E-state index contributed by atoms with van der Waals surface area (Å²) in [4.78, 5) is 14.8. The van der Waals surface area contributed by atoms with Crippen LogP contribution < -0.4 is 10.1 Å². The normalized spacial score (nSPS) is 16.1. The standard InChI is InChI=1S/C12H10N2O2S/c1-16-10-2-4-13-9(10)6-8-7-3-5-17-12(7)14-11(8)15/h2-6,13H,1H3,(H,14,15)/b8-6+. The molecule has 1 aliphatic rings. The zero-order valence-electron chi connectivity index (χ0n) is 9.11. The number of aromatic amines is 1. The van der Waals surface area contributed by atoms with Crippen LogP contribution in [-0.4, -0.2) is 18.0 Å². The molecule has 1 amide bonds. The summed E-state index contributed by atoms with van der Waals surface area (Å²) in [5, 5.41) is 5.71. The van der Waals surface area contributed by atoms with Gasteiger partial charge in [0.25, 0.3) is 5.91 Å². The minimum absolute atomic E-state index is 0.0662. The topological polar surface area (TPSA) is 54.1 Å². The average Bonchev–Trinajstić information content (AvgIpc) is 2.98. The lowest BCUT2D eigenvalue weighted by molar-refractivity contribution is -0.110. The number of fused-ring (bicyclic) bond motifs is 1. The van der Waals surface area contributed by atoms with Crippen LogP contribution in [-0.2, 0) is 4.79 Å². The number of hydrogen-bond donors (Lipinski definition) is 2. The number of anilines is 1. The summed E-state index contributed by atoms with van der Waals surface area (Å²) >= 11 is 1.53. The zero-order chi connectivity index (χ0) is 11.8. The number of aromatic nitrogens is 1. The Balaban J connectivity index is 2.08. The fraction of sp³-hybridized carbons (Fsp3) is 0.0833. The first-order valence-electron chi connectivity index (χ1n) is 5.12. The molecule has 0 saturated carbocycles. The van der Waals surface area contributed by atoms with Gasteiger partial charge < -0.3 is 15.0 Å². The van der Waals surface area contributed by atoms with Crippen molar-refractivity contribution in [3.63, 3.8) is 0 Å². The van der Waals surface area contributed by atoms with Gasteiger partial charge >= 0.3 is 0 Å². The summed E-state index contributed by atoms with van der Waals surface area (Å²) in [6.07, 6.45) is 3.60. The number of carbonyl (C=O) groups excluding carboxylic acids is 1. The minimum atomic E-state index is -0.0662. The lowest BCUT2D eigenvalue weighted by atomic mass is 10.1. The van der Waals surface area contributed by atoms with E-state index in [9.17, 15) is 4.79 Å². The quantitative estimate of drug-likeness (QED) is 0.800. The molecule has 0 radical (unpaired) electrons. The zero-order valence-corrected chi connectivity index (χ0v) is 9.93. The molecule has 2 N–H and O–H groups in total. The maximum absolute atomic E-state index is 11.8. The largest absolute Gasteiger partial charge is 0.495 e. The third-order valence-electron chi connectivity index (χ3n) is 2.67. The Hall–Kier alpha value is -2.01. The van der Waals surface area contributed by atoms with Gasteiger partial charge in [-0.3, -0.25) is 4.79 Å². The highest BCUT2D eigenvalue weighted by atomic mass is 32.1. The molecular formula is C12H10N2O2S. The van der Waals surface area contributed by atoms with Gasteiger partial charge in [-0.25, -0.2) is 0 Å². The summed E-state index contributed by atoms with van der Waals surface area (Å²) in [6, 6.07) is 3.77. The monoisotopic (exact) mass is 246 g/mol. The number of carbonyl (C=O) groups is 1. The van der Waals surface area contributed by atoms with Crippen molar-refractivity contribution in [2.75, 3.05) is 12.4 Å². The summed E-state index contributed by atoms with van der Waals surface area (Å²) in [6.45, 7) is 0. The molecule has 0 unspecified atom stereocenters. The molecule has 0 fully saturated rings. The molecule has 3 heterocycles. The predicted molar refractivity (Wildman–Crippen MR) is 68.2 cm³/mol. The third-order valence-corrected chi connectivity index (χ3v) is 3.50. The molecule has 2 aromatic heterocycles. The molecule has 0 bridgehead atoms. The van der Waals surface area contributed by atoms with E-state index in [4.69, 9.17) is 4.74 Å². The maximum atomic E-state index is 11.8. The number of ether oxygens (including phenoxy) is 1. The van der Waals surface area contributed by atoms with Crippen LogP contribution in [0.2, 0.25) is 0 Å². The van der Waals surface area contributed by atoms with Crippen molar-refractivity contribution in [2.45, 2.75) is 0 Å². The maximum Gasteiger partial charge on any atom is 0.257 e. The van der Waals surface area contributed by atoms with Gasteiger partial charge in [0.15, 0.2) is 0 Å². The Kier molecular flexibility index (Phi) is 2.26. The van der Waals surface area contributed by atoms with Crippen LogP contribution in [0.3, 0.4) is 0 Å². The SMILES string of the molecule is COc1cc[nH]c1/C=C1/C(=O)Nc2sccc21. The van der Waals surface area contributed by atoms with Crippen LogP contribution >= 0.6 is 11.3 Å². The molecule has 0 aliphatic carbocycles. The fourth-order valence-corrected chi connectivity index (χ4v) is 2.65. The number of rotatable bonds is 2. The van der Waals surface area contributed by atoms with Gasteiger partial charge in [0, 0.05) is 11.8 Å². The van der Waals surface area contributed by atoms with Crippen LogP contribution in [0.5, 0.6) is 5.75 Å². The van der Waals surface area contributed by atoms with Crippen LogP contribution in [0.15, 0.2) is 23.7 Å². The Morgan fingerprint density at radius 2 is 2.29 bits per heavy atom. The van der Waals surface area contributed by atoms with E-state index in [0.29, 0.717) is 5.57 Å². The Labute approximate surface area is 102 Å². The summed E-state index contributed by atoms with van der Waals surface area (Å²) in [7, 11) is 1.61. The van der Waals surface area contributed by atoms with E-state index in [0.717, 1.165) is 22.0 Å². The molecule has 17 heavy (non-hydrogen) atoms. The third kappa shape index (κ3) is 1.55. The Morgan fingerprint density at radius 3 is 3.12 bits per heavy atom. The summed E-state index contributed by atoms with van der Waals surface area (Å²) < 4.78 is 5.20. The van der Waals surface area contributed by atoms with Gasteiger partial charge in [-0.1, -0.05) is 0 Å². The van der Waals surface area contributed by atoms with Gasteiger partial charge in [0.05, 0.1) is 18.4 Å². The summed E-state index contributed by atoms with van der Waals surface area (Å²) in [5.74, 6) is 0.664. The molecule has 5 heteroatoms. The lowest BCUT2D eigenvalue weighted by Gasteiger charge is -1.99. The van der Waals surface area contributed by atoms with Crippen LogP contribution in [0, 0.1) is 0 Å². The van der Waals surface area contributed by atoms with Crippen molar-refractivity contribution in [1.82, 2.24) is 4.98 Å². The first kappa shape index (κ1) is 10.2. The van der Waals surface area contributed by atoms with E-state index in [1.807, 2.05) is 23.6 Å². The Morgan fingerprint density at radius 1 is 1.41 bits per heavy atom. The smallest absolute Gasteiger partial charge is 0.257 e. The molecule has 3 rings (SSSR count). The molecule has 0 aromatic carbocycles. The van der Waals surface area contributed by atoms with E-state index in [-0.39, 0.29) is 5.91 Å². The summed E-state index contributed by atoms with van der Waals surface area (Å²) in [5.41, 5.74) is 2.43. The van der Waals surface area contributed by atoms with Gasteiger partial charge in [-0.2, -0.15) is 0 Å². The van der Waals surface area contributed by atoms with Gasteiger partial charge in [-0.05, 0) is 23.6 Å². The minimum Gasteiger partial charge on any atom is -0.495 e. The van der Waals surface area contributed by atoms with Crippen molar-refractivity contribution in [3.05, 3.63) is 35.0 Å². The molecule has 0 spiro atoms. The molecule has 1 aliphatic heterocycles. The highest BCUT2D eigenvalue weighted by Gasteiger charge is 2.25. The van der Waals surface area contributed by atoms with E-state index in [1.165, 1.54) is 11.3 Å². The van der Waals surface area contributed by atoms with Gasteiger partial charge in [-0.15, -0.1) is 11.3 Å². The van der Waals surface area contributed by atoms with Crippen molar-refractivity contribution in [1.29, 1.82) is 0 Å². The molecule has 0 saturated heterocycles. The van der Waals surface area contributed by atoms with Gasteiger partial charge in [0.2, 0.25) is 0 Å².